The SMILES string of the molecule is CC(c1cc2ccccc2o1)N(C)C1CCNC1. The lowest BCUT2D eigenvalue weighted by molar-refractivity contribution is 0.178. The summed E-state index contributed by atoms with van der Waals surface area (Å²) in [5.74, 6) is 1.06. The number of para-hydroxylation sites is 1. The van der Waals surface area contributed by atoms with Gasteiger partial charge in [0, 0.05) is 18.0 Å². The molecule has 96 valence electrons. The number of furan rings is 1. The van der Waals surface area contributed by atoms with Crippen molar-refractivity contribution in [1.82, 2.24) is 10.2 Å². The Balaban J connectivity index is 1.84. The van der Waals surface area contributed by atoms with E-state index in [1.54, 1.807) is 0 Å². The molecule has 3 nitrogen and oxygen atoms in total. The van der Waals surface area contributed by atoms with E-state index < -0.39 is 0 Å². The van der Waals surface area contributed by atoms with Gasteiger partial charge in [-0.3, -0.25) is 4.90 Å². The van der Waals surface area contributed by atoms with E-state index in [9.17, 15) is 0 Å². The molecule has 1 aromatic heterocycles. The van der Waals surface area contributed by atoms with E-state index in [0.717, 1.165) is 24.4 Å². The summed E-state index contributed by atoms with van der Waals surface area (Å²) in [6, 6.07) is 11.3. The molecule has 18 heavy (non-hydrogen) atoms. The predicted molar refractivity (Wildman–Crippen MR) is 73.7 cm³/mol. The predicted octanol–water partition coefficient (Wildman–Crippen LogP) is 2.79. The second-order valence-corrected chi connectivity index (χ2v) is 5.17. The summed E-state index contributed by atoms with van der Waals surface area (Å²) in [7, 11) is 2.19. The van der Waals surface area contributed by atoms with Crippen molar-refractivity contribution in [3.8, 4) is 0 Å². The molecule has 0 amide bonds. The van der Waals surface area contributed by atoms with Crippen molar-refractivity contribution in [1.29, 1.82) is 0 Å². The monoisotopic (exact) mass is 244 g/mol. The lowest BCUT2D eigenvalue weighted by Gasteiger charge is -2.28. The second-order valence-electron chi connectivity index (χ2n) is 5.17. The molecule has 2 atom stereocenters. The molecule has 1 fully saturated rings. The third kappa shape index (κ3) is 2.04. The largest absolute Gasteiger partial charge is 0.459 e. The number of benzene rings is 1. The molecular weight excluding hydrogens is 224 g/mol. The highest BCUT2D eigenvalue weighted by Gasteiger charge is 2.25. The summed E-state index contributed by atoms with van der Waals surface area (Å²) in [6.45, 7) is 4.43. The number of hydrogen-bond donors (Lipinski definition) is 1. The highest BCUT2D eigenvalue weighted by molar-refractivity contribution is 5.77. The van der Waals surface area contributed by atoms with Gasteiger partial charge in [0.2, 0.25) is 0 Å². The average molecular weight is 244 g/mol. The third-order valence-corrected chi connectivity index (χ3v) is 4.08. The number of rotatable bonds is 3. The summed E-state index contributed by atoms with van der Waals surface area (Å²) < 4.78 is 5.95. The molecule has 1 aliphatic heterocycles. The van der Waals surface area contributed by atoms with Crippen LogP contribution in [0.1, 0.15) is 25.1 Å². The minimum absolute atomic E-state index is 0.322. The van der Waals surface area contributed by atoms with Gasteiger partial charge >= 0.3 is 0 Å². The van der Waals surface area contributed by atoms with Gasteiger partial charge in [-0.1, -0.05) is 18.2 Å². The standard InChI is InChI=1S/C15H20N2O/c1-11(17(2)13-7-8-16-10-13)15-9-12-5-3-4-6-14(12)18-15/h3-6,9,11,13,16H,7-8,10H2,1-2H3. The first-order valence-corrected chi connectivity index (χ1v) is 6.67. The van der Waals surface area contributed by atoms with Crippen LogP contribution in [0, 0.1) is 0 Å². The van der Waals surface area contributed by atoms with E-state index in [1.165, 1.54) is 11.8 Å². The van der Waals surface area contributed by atoms with Gasteiger partial charge in [-0.15, -0.1) is 0 Å². The molecular formula is C15H20N2O. The molecule has 3 rings (SSSR count). The van der Waals surface area contributed by atoms with Gasteiger partial charge in [0.05, 0.1) is 6.04 Å². The number of fused-ring (bicyclic) bond motifs is 1. The van der Waals surface area contributed by atoms with Gasteiger partial charge in [-0.25, -0.2) is 0 Å². The Morgan fingerprint density at radius 2 is 2.22 bits per heavy atom. The molecule has 1 aromatic carbocycles. The lowest BCUT2D eigenvalue weighted by atomic mass is 10.1. The first kappa shape index (κ1) is 11.8. The minimum Gasteiger partial charge on any atom is -0.459 e. The maximum absolute atomic E-state index is 5.95. The molecule has 0 radical (unpaired) electrons. The molecule has 1 aliphatic rings. The summed E-state index contributed by atoms with van der Waals surface area (Å²) >= 11 is 0. The van der Waals surface area contributed by atoms with Gasteiger partial charge in [0.25, 0.3) is 0 Å². The maximum Gasteiger partial charge on any atom is 0.134 e. The van der Waals surface area contributed by atoms with Gasteiger partial charge in [-0.2, -0.15) is 0 Å². The van der Waals surface area contributed by atoms with E-state index in [-0.39, 0.29) is 0 Å². The highest BCUT2D eigenvalue weighted by Crippen LogP contribution is 2.28. The fourth-order valence-corrected chi connectivity index (χ4v) is 2.71. The summed E-state index contributed by atoms with van der Waals surface area (Å²) in [5, 5.41) is 4.61. The first-order valence-electron chi connectivity index (χ1n) is 6.67. The zero-order chi connectivity index (χ0) is 12.5. The van der Waals surface area contributed by atoms with Crippen LogP contribution in [-0.2, 0) is 0 Å². The van der Waals surface area contributed by atoms with E-state index in [0.29, 0.717) is 12.1 Å². The number of hydrogen-bond acceptors (Lipinski definition) is 3. The summed E-state index contributed by atoms with van der Waals surface area (Å²) in [6.07, 6.45) is 1.22. The van der Waals surface area contributed by atoms with Crippen LogP contribution in [0.2, 0.25) is 0 Å². The summed E-state index contributed by atoms with van der Waals surface area (Å²) in [4.78, 5) is 2.41. The zero-order valence-corrected chi connectivity index (χ0v) is 11.0. The van der Waals surface area contributed by atoms with Crippen molar-refractivity contribution in [3.05, 3.63) is 36.1 Å². The molecule has 2 heterocycles. The molecule has 3 heteroatoms. The van der Waals surface area contributed by atoms with Crippen LogP contribution >= 0.6 is 0 Å². The van der Waals surface area contributed by atoms with Crippen molar-refractivity contribution in [3.63, 3.8) is 0 Å². The van der Waals surface area contributed by atoms with E-state index in [1.807, 2.05) is 12.1 Å². The molecule has 0 spiro atoms. The topological polar surface area (TPSA) is 28.4 Å². The van der Waals surface area contributed by atoms with Crippen LogP contribution in [0.25, 0.3) is 11.0 Å². The van der Waals surface area contributed by atoms with Crippen LogP contribution in [0.3, 0.4) is 0 Å². The Hall–Kier alpha value is -1.32. The molecule has 0 bridgehead atoms. The third-order valence-electron chi connectivity index (χ3n) is 4.08. The summed E-state index contributed by atoms with van der Waals surface area (Å²) in [5.41, 5.74) is 0.984. The second kappa shape index (κ2) is 4.75. The highest BCUT2D eigenvalue weighted by atomic mass is 16.3. The Bertz CT molecular complexity index is 495. The van der Waals surface area contributed by atoms with Crippen LogP contribution in [0.5, 0.6) is 0 Å². The van der Waals surface area contributed by atoms with Crippen molar-refractivity contribution < 1.29 is 4.42 Å². The average Bonchev–Trinajstić information content (AvgIpc) is 3.05. The maximum atomic E-state index is 5.95. The van der Waals surface area contributed by atoms with Gasteiger partial charge < -0.3 is 9.73 Å². The van der Waals surface area contributed by atoms with Crippen LogP contribution < -0.4 is 5.32 Å². The number of likely N-dealkylation sites (N-methyl/N-ethyl adjacent to an activating group) is 1. The van der Waals surface area contributed by atoms with Gasteiger partial charge in [0.1, 0.15) is 11.3 Å². The molecule has 2 aromatic rings. The van der Waals surface area contributed by atoms with Gasteiger partial charge in [0.15, 0.2) is 0 Å². The van der Waals surface area contributed by atoms with Crippen molar-refractivity contribution in [2.45, 2.75) is 25.4 Å². The Labute approximate surface area is 108 Å². The van der Waals surface area contributed by atoms with Crippen molar-refractivity contribution >= 4 is 11.0 Å². The molecule has 1 saturated heterocycles. The fourth-order valence-electron chi connectivity index (χ4n) is 2.71. The Kier molecular flexibility index (Phi) is 3.10. The van der Waals surface area contributed by atoms with Gasteiger partial charge in [-0.05, 0) is 39.1 Å². The fraction of sp³-hybridized carbons (Fsp3) is 0.467. The van der Waals surface area contributed by atoms with E-state index in [4.69, 9.17) is 4.42 Å². The lowest BCUT2D eigenvalue weighted by Crippen LogP contribution is -2.35. The molecule has 1 N–H and O–H groups in total. The first-order chi connectivity index (χ1) is 8.75. The van der Waals surface area contributed by atoms with Crippen LogP contribution in [0.4, 0.5) is 0 Å². The molecule has 0 saturated carbocycles. The Morgan fingerprint density at radius 3 is 2.94 bits per heavy atom. The minimum atomic E-state index is 0.322. The van der Waals surface area contributed by atoms with Crippen LogP contribution in [-0.4, -0.2) is 31.1 Å². The van der Waals surface area contributed by atoms with Crippen LogP contribution in [0.15, 0.2) is 34.7 Å². The van der Waals surface area contributed by atoms with E-state index >= 15 is 0 Å². The Morgan fingerprint density at radius 1 is 1.39 bits per heavy atom. The molecule has 0 aliphatic carbocycles. The smallest absolute Gasteiger partial charge is 0.134 e. The van der Waals surface area contributed by atoms with Crippen molar-refractivity contribution in [2.24, 2.45) is 0 Å². The normalized spacial score (nSPS) is 21.8. The van der Waals surface area contributed by atoms with Crippen molar-refractivity contribution in [2.75, 3.05) is 20.1 Å². The zero-order valence-electron chi connectivity index (χ0n) is 11.0. The quantitative estimate of drug-likeness (QED) is 0.900. The molecule has 2 unspecified atom stereocenters. The van der Waals surface area contributed by atoms with E-state index in [2.05, 4.69) is 42.4 Å². The number of nitrogens with zero attached hydrogens (tertiary/aromatic N) is 1. The number of nitrogens with one attached hydrogen (secondary N) is 1.